The van der Waals surface area contributed by atoms with E-state index in [0.717, 1.165) is 13.3 Å². The Labute approximate surface area is 128 Å². The van der Waals surface area contributed by atoms with E-state index < -0.39 is 0 Å². The van der Waals surface area contributed by atoms with Crippen molar-refractivity contribution in [1.82, 2.24) is 0 Å². The van der Waals surface area contributed by atoms with Gasteiger partial charge >= 0.3 is 0 Å². The molecule has 2 aromatic rings. The van der Waals surface area contributed by atoms with Crippen LogP contribution in [0.2, 0.25) is 5.02 Å². The van der Waals surface area contributed by atoms with Crippen molar-refractivity contribution < 1.29 is 0 Å². The van der Waals surface area contributed by atoms with E-state index in [-0.39, 0.29) is 4.83 Å². The van der Waals surface area contributed by atoms with E-state index in [9.17, 15) is 0 Å². The molecule has 0 radical (unpaired) electrons. The molecule has 0 aliphatic rings. The summed E-state index contributed by atoms with van der Waals surface area (Å²) < 4.78 is 2.16. The van der Waals surface area contributed by atoms with Crippen molar-refractivity contribution in [2.45, 2.75) is 4.83 Å². The highest BCUT2D eigenvalue weighted by molar-refractivity contribution is 9.11. The molecule has 1 atom stereocenters. The Hall–Kier alpha value is 0.650. The molecule has 0 aliphatic heterocycles. The zero-order valence-electron chi connectivity index (χ0n) is 7.88. The smallest absolute Gasteiger partial charge is 0.0749 e. The van der Waals surface area contributed by atoms with Crippen LogP contribution in [0, 0.1) is 0 Å². The second-order valence-corrected chi connectivity index (χ2v) is 7.87. The molecule has 5 heteroatoms. The number of rotatable bonds is 2. The fourth-order valence-corrected chi connectivity index (χ4v) is 4.80. The summed E-state index contributed by atoms with van der Waals surface area (Å²) in [5.41, 5.74) is 1.18. The van der Waals surface area contributed by atoms with Gasteiger partial charge in [-0.25, -0.2) is 0 Å². The average Bonchev–Trinajstić information content (AvgIpc) is 2.64. The lowest BCUT2D eigenvalue weighted by Gasteiger charge is -2.10. The second-order valence-electron chi connectivity index (χ2n) is 3.17. The van der Waals surface area contributed by atoms with Crippen LogP contribution in [0.1, 0.15) is 15.3 Å². The van der Waals surface area contributed by atoms with Crippen molar-refractivity contribution in [3.05, 3.63) is 54.1 Å². The summed E-state index contributed by atoms with van der Waals surface area (Å²) in [6.45, 7) is 0. The Morgan fingerprint density at radius 1 is 1.12 bits per heavy atom. The molecule has 0 fully saturated rings. The lowest BCUT2D eigenvalue weighted by Crippen LogP contribution is -1.90. The number of hydrogen-bond acceptors (Lipinski definition) is 1. The van der Waals surface area contributed by atoms with Crippen molar-refractivity contribution in [1.29, 1.82) is 0 Å². The first-order valence-corrected chi connectivity index (χ1v) is 8.12. The van der Waals surface area contributed by atoms with Crippen molar-refractivity contribution >= 4 is 70.7 Å². The topological polar surface area (TPSA) is 0 Å². The van der Waals surface area contributed by atoms with Gasteiger partial charge in [0.1, 0.15) is 0 Å². The number of benzene rings is 1. The molecule has 2 rings (SSSR count). The predicted octanol–water partition coefficient (Wildman–Crippen LogP) is 6.41. The van der Waals surface area contributed by atoms with E-state index in [4.69, 9.17) is 11.6 Å². The van der Waals surface area contributed by atoms with Gasteiger partial charge in [-0.15, -0.1) is 11.3 Å². The molecule has 0 nitrogen and oxygen atoms in total. The Bertz CT molecular complexity index is 510. The zero-order chi connectivity index (χ0) is 11.7. The van der Waals surface area contributed by atoms with E-state index in [0.29, 0.717) is 0 Å². The minimum absolute atomic E-state index is 0.190. The third kappa shape index (κ3) is 2.91. The number of alkyl halides is 1. The van der Waals surface area contributed by atoms with Crippen molar-refractivity contribution in [2.24, 2.45) is 0 Å². The van der Waals surface area contributed by atoms with Gasteiger partial charge in [-0.1, -0.05) is 49.5 Å². The van der Waals surface area contributed by atoms with Crippen LogP contribution in [0.5, 0.6) is 0 Å². The van der Waals surface area contributed by atoms with Crippen LogP contribution >= 0.6 is 70.7 Å². The molecule has 0 amide bonds. The Morgan fingerprint density at radius 2 is 1.88 bits per heavy atom. The van der Waals surface area contributed by atoms with Crippen LogP contribution in [0.3, 0.4) is 0 Å². The average molecular weight is 445 g/mol. The first-order valence-electron chi connectivity index (χ1n) is 4.42. The lowest BCUT2D eigenvalue weighted by atomic mass is 10.1. The van der Waals surface area contributed by atoms with Gasteiger partial charge in [0.15, 0.2) is 0 Å². The molecule has 0 spiro atoms. The van der Waals surface area contributed by atoms with Crippen LogP contribution in [-0.4, -0.2) is 0 Å². The molecule has 0 bridgehead atoms. The molecule has 1 unspecified atom stereocenters. The summed E-state index contributed by atoms with van der Waals surface area (Å²) in [5, 5.41) is 0.739. The van der Waals surface area contributed by atoms with E-state index in [1.54, 1.807) is 11.3 Å². The van der Waals surface area contributed by atoms with Crippen LogP contribution < -0.4 is 0 Å². The first kappa shape index (κ1) is 13.1. The molecule has 0 N–H and O–H groups in total. The first-order chi connectivity index (χ1) is 7.58. The maximum Gasteiger partial charge on any atom is 0.0749 e. The molecule has 1 aromatic heterocycles. The van der Waals surface area contributed by atoms with Gasteiger partial charge in [0.25, 0.3) is 0 Å². The standard InChI is InChI=1S/C11H6Br3ClS/c12-8-5-6(15)1-2-7(8)11(14)9-3-4-10(13)16-9/h1-5,11H. The van der Waals surface area contributed by atoms with E-state index in [1.807, 2.05) is 18.2 Å². The van der Waals surface area contributed by atoms with Crippen molar-refractivity contribution in [3.8, 4) is 0 Å². The summed E-state index contributed by atoms with van der Waals surface area (Å²) in [6, 6.07) is 10.00. The van der Waals surface area contributed by atoms with Crippen LogP contribution in [0.4, 0.5) is 0 Å². The molecular weight excluding hydrogens is 439 g/mol. The molecule has 0 aliphatic carbocycles. The van der Waals surface area contributed by atoms with Gasteiger partial charge in [0.2, 0.25) is 0 Å². The number of hydrogen-bond donors (Lipinski definition) is 0. The third-order valence-electron chi connectivity index (χ3n) is 2.08. The third-order valence-corrected chi connectivity index (χ3v) is 5.98. The molecular formula is C11H6Br3ClS. The molecule has 1 aromatic carbocycles. The van der Waals surface area contributed by atoms with Gasteiger partial charge < -0.3 is 0 Å². The summed E-state index contributed by atoms with van der Waals surface area (Å²) in [5.74, 6) is 0. The fourth-order valence-electron chi connectivity index (χ4n) is 1.32. The Kier molecular flexibility index (Phi) is 4.52. The van der Waals surface area contributed by atoms with E-state index in [2.05, 4.69) is 59.9 Å². The molecule has 0 saturated carbocycles. The van der Waals surface area contributed by atoms with E-state index >= 15 is 0 Å². The SMILES string of the molecule is Clc1ccc(C(Br)c2ccc(Br)s2)c(Br)c1. The maximum atomic E-state index is 5.92. The van der Waals surface area contributed by atoms with E-state index in [1.165, 1.54) is 10.4 Å². The van der Waals surface area contributed by atoms with Gasteiger partial charge in [0.05, 0.1) is 8.61 Å². The summed E-state index contributed by atoms with van der Waals surface area (Å²) in [6.07, 6.45) is 0. The van der Waals surface area contributed by atoms with Crippen LogP contribution in [0.25, 0.3) is 0 Å². The lowest BCUT2D eigenvalue weighted by molar-refractivity contribution is 1.21. The summed E-state index contributed by atoms with van der Waals surface area (Å²) >= 11 is 18.3. The monoisotopic (exact) mass is 442 g/mol. The Morgan fingerprint density at radius 3 is 2.44 bits per heavy atom. The quantitative estimate of drug-likeness (QED) is 0.469. The molecule has 0 saturated heterocycles. The highest BCUT2D eigenvalue weighted by Gasteiger charge is 2.15. The van der Waals surface area contributed by atoms with Crippen molar-refractivity contribution in [3.63, 3.8) is 0 Å². The molecule has 1 heterocycles. The summed E-state index contributed by atoms with van der Waals surface area (Å²) in [7, 11) is 0. The number of halogens is 4. The summed E-state index contributed by atoms with van der Waals surface area (Å²) in [4.78, 5) is 1.45. The van der Waals surface area contributed by atoms with Crippen LogP contribution in [0.15, 0.2) is 38.6 Å². The largest absolute Gasteiger partial charge is 0.132 e. The second kappa shape index (κ2) is 5.53. The molecule has 84 valence electrons. The van der Waals surface area contributed by atoms with Gasteiger partial charge in [-0.3, -0.25) is 0 Å². The normalized spacial score (nSPS) is 12.8. The minimum Gasteiger partial charge on any atom is -0.132 e. The number of thiophene rings is 1. The zero-order valence-corrected chi connectivity index (χ0v) is 14.2. The van der Waals surface area contributed by atoms with Gasteiger partial charge in [0, 0.05) is 14.4 Å². The maximum absolute atomic E-state index is 5.92. The predicted molar refractivity (Wildman–Crippen MR) is 81.9 cm³/mol. The fraction of sp³-hybridized carbons (Fsp3) is 0.0909. The van der Waals surface area contributed by atoms with Crippen molar-refractivity contribution in [2.75, 3.05) is 0 Å². The van der Waals surface area contributed by atoms with Gasteiger partial charge in [-0.2, -0.15) is 0 Å². The highest BCUT2D eigenvalue weighted by atomic mass is 79.9. The highest BCUT2D eigenvalue weighted by Crippen LogP contribution is 2.40. The van der Waals surface area contributed by atoms with Gasteiger partial charge in [-0.05, 0) is 45.8 Å². The minimum atomic E-state index is 0.190. The van der Waals surface area contributed by atoms with Crippen LogP contribution in [-0.2, 0) is 0 Å². The Balaban J connectivity index is 2.37. The molecule has 16 heavy (non-hydrogen) atoms.